The summed E-state index contributed by atoms with van der Waals surface area (Å²) in [6, 6.07) is 0.556. The summed E-state index contributed by atoms with van der Waals surface area (Å²) >= 11 is 0. The van der Waals surface area contributed by atoms with Gasteiger partial charge < -0.3 is 4.74 Å². The molecule has 70 valence electrons. The van der Waals surface area contributed by atoms with Crippen LogP contribution in [0.15, 0.2) is 0 Å². The number of ether oxygens (including phenoxy) is 1. The van der Waals surface area contributed by atoms with Gasteiger partial charge in [0.05, 0.1) is 6.61 Å². The highest BCUT2D eigenvalue weighted by molar-refractivity contribution is 5.10. The van der Waals surface area contributed by atoms with Crippen LogP contribution in [-0.4, -0.2) is 42.9 Å². The predicted octanol–water partition coefficient (Wildman–Crippen LogP) is 1.21. The summed E-state index contributed by atoms with van der Waals surface area (Å²) in [5.41, 5.74) is 0.0631. The SMILES string of the molecule is COC[C@@]12C[C@H](F)CN1[C@H](C)C2. The minimum atomic E-state index is -0.634. The summed E-state index contributed by atoms with van der Waals surface area (Å²) in [5, 5.41) is 0. The standard InChI is InChI=1S/C9H16FNO/c1-7-3-9(6-12-2)4-8(10)5-11(7)9/h7-8H,3-6H2,1-2H3/t7-,8+,9-/m1/s1. The van der Waals surface area contributed by atoms with Gasteiger partial charge >= 0.3 is 0 Å². The molecule has 0 aromatic carbocycles. The van der Waals surface area contributed by atoms with Gasteiger partial charge in [0.15, 0.2) is 0 Å². The summed E-state index contributed by atoms with van der Waals surface area (Å²) in [4.78, 5) is 2.25. The zero-order chi connectivity index (χ0) is 8.77. The molecule has 0 unspecified atom stereocenters. The summed E-state index contributed by atoms with van der Waals surface area (Å²) in [6.45, 7) is 3.47. The van der Waals surface area contributed by atoms with Gasteiger partial charge in [0.1, 0.15) is 6.17 Å². The van der Waals surface area contributed by atoms with Crippen molar-refractivity contribution in [2.45, 2.75) is 37.5 Å². The van der Waals surface area contributed by atoms with E-state index in [9.17, 15) is 4.39 Å². The fourth-order valence-corrected chi connectivity index (χ4v) is 2.87. The molecule has 0 N–H and O–H groups in total. The first kappa shape index (κ1) is 8.45. The number of rotatable bonds is 2. The van der Waals surface area contributed by atoms with Crippen LogP contribution in [0.3, 0.4) is 0 Å². The molecule has 2 fully saturated rings. The van der Waals surface area contributed by atoms with Gasteiger partial charge in [-0.25, -0.2) is 4.39 Å². The fourth-order valence-electron chi connectivity index (χ4n) is 2.87. The van der Waals surface area contributed by atoms with Gasteiger partial charge in [0.2, 0.25) is 0 Å². The number of nitrogens with zero attached hydrogens (tertiary/aromatic N) is 1. The Bertz CT molecular complexity index is 183. The molecule has 0 spiro atoms. The average molecular weight is 173 g/mol. The second-order valence-corrected chi connectivity index (χ2v) is 4.16. The van der Waals surface area contributed by atoms with Gasteiger partial charge in [-0.15, -0.1) is 0 Å². The molecule has 0 aliphatic carbocycles. The van der Waals surface area contributed by atoms with Crippen molar-refractivity contribution in [3.05, 3.63) is 0 Å². The Morgan fingerprint density at radius 2 is 2.33 bits per heavy atom. The first-order valence-corrected chi connectivity index (χ1v) is 4.58. The summed E-state index contributed by atoms with van der Waals surface area (Å²) < 4.78 is 18.2. The Hall–Kier alpha value is -0.150. The molecule has 2 saturated heterocycles. The second kappa shape index (κ2) is 2.67. The molecule has 2 heterocycles. The van der Waals surface area contributed by atoms with E-state index in [1.165, 1.54) is 0 Å². The average Bonchev–Trinajstić information content (AvgIpc) is 2.24. The zero-order valence-corrected chi connectivity index (χ0v) is 7.72. The van der Waals surface area contributed by atoms with E-state index in [-0.39, 0.29) is 5.54 Å². The zero-order valence-electron chi connectivity index (χ0n) is 7.72. The molecule has 12 heavy (non-hydrogen) atoms. The lowest BCUT2D eigenvalue weighted by atomic mass is 9.80. The van der Waals surface area contributed by atoms with E-state index in [0.717, 1.165) is 6.42 Å². The van der Waals surface area contributed by atoms with Crippen molar-refractivity contribution in [2.24, 2.45) is 0 Å². The maximum absolute atomic E-state index is 13.1. The smallest absolute Gasteiger partial charge is 0.115 e. The minimum absolute atomic E-state index is 0.0631. The van der Waals surface area contributed by atoms with Gasteiger partial charge in [-0.3, -0.25) is 4.90 Å². The van der Waals surface area contributed by atoms with E-state index < -0.39 is 6.17 Å². The number of hydrogen-bond donors (Lipinski definition) is 0. The van der Waals surface area contributed by atoms with E-state index in [4.69, 9.17) is 4.74 Å². The maximum atomic E-state index is 13.1. The molecule has 0 aromatic rings. The molecule has 0 amide bonds. The highest BCUT2D eigenvalue weighted by Gasteiger charge is 2.55. The van der Waals surface area contributed by atoms with Crippen molar-refractivity contribution in [2.75, 3.05) is 20.3 Å². The molecule has 0 saturated carbocycles. The summed E-state index contributed by atoms with van der Waals surface area (Å²) in [7, 11) is 1.70. The summed E-state index contributed by atoms with van der Waals surface area (Å²) in [6.07, 6.45) is 1.14. The van der Waals surface area contributed by atoms with Crippen LogP contribution < -0.4 is 0 Å². The van der Waals surface area contributed by atoms with Crippen molar-refractivity contribution in [1.82, 2.24) is 4.90 Å². The highest BCUT2D eigenvalue weighted by Crippen LogP contribution is 2.45. The highest BCUT2D eigenvalue weighted by atomic mass is 19.1. The lowest BCUT2D eigenvalue weighted by Crippen LogP contribution is -2.63. The molecule has 2 aliphatic rings. The predicted molar refractivity (Wildman–Crippen MR) is 44.9 cm³/mol. The molecular weight excluding hydrogens is 157 g/mol. The number of alkyl halides is 1. The van der Waals surface area contributed by atoms with Crippen molar-refractivity contribution in [3.63, 3.8) is 0 Å². The van der Waals surface area contributed by atoms with E-state index in [0.29, 0.717) is 25.6 Å². The first-order chi connectivity index (χ1) is 5.68. The van der Waals surface area contributed by atoms with Gasteiger partial charge in [0, 0.05) is 31.7 Å². The monoisotopic (exact) mass is 173 g/mol. The van der Waals surface area contributed by atoms with Crippen molar-refractivity contribution < 1.29 is 9.13 Å². The third-order valence-electron chi connectivity index (χ3n) is 3.23. The summed E-state index contributed by atoms with van der Waals surface area (Å²) in [5.74, 6) is 0. The van der Waals surface area contributed by atoms with Gasteiger partial charge in [0.25, 0.3) is 0 Å². The van der Waals surface area contributed by atoms with E-state index in [1.807, 2.05) is 0 Å². The van der Waals surface area contributed by atoms with Crippen LogP contribution in [0.5, 0.6) is 0 Å². The normalized spacial score (nSPS) is 47.2. The number of methoxy groups -OCH3 is 1. The molecule has 2 nitrogen and oxygen atoms in total. The minimum Gasteiger partial charge on any atom is -0.383 e. The van der Waals surface area contributed by atoms with Crippen LogP contribution in [-0.2, 0) is 4.74 Å². The Kier molecular flexibility index (Phi) is 1.88. The fraction of sp³-hybridized carbons (Fsp3) is 1.00. The van der Waals surface area contributed by atoms with Crippen LogP contribution in [0.2, 0.25) is 0 Å². The van der Waals surface area contributed by atoms with E-state index in [1.54, 1.807) is 7.11 Å². The molecule has 2 rings (SSSR count). The van der Waals surface area contributed by atoms with Crippen LogP contribution in [0.1, 0.15) is 19.8 Å². The molecule has 0 radical (unpaired) electrons. The molecular formula is C9H16FNO. The maximum Gasteiger partial charge on any atom is 0.115 e. The molecule has 2 aliphatic heterocycles. The lowest BCUT2D eigenvalue weighted by molar-refractivity contribution is -0.0741. The topological polar surface area (TPSA) is 12.5 Å². The Morgan fingerprint density at radius 3 is 2.92 bits per heavy atom. The Morgan fingerprint density at radius 1 is 1.58 bits per heavy atom. The third-order valence-corrected chi connectivity index (χ3v) is 3.23. The van der Waals surface area contributed by atoms with Gasteiger partial charge in [-0.1, -0.05) is 0 Å². The van der Waals surface area contributed by atoms with Crippen molar-refractivity contribution >= 4 is 0 Å². The first-order valence-electron chi connectivity index (χ1n) is 4.58. The van der Waals surface area contributed by atoms with Gasteiger partial charge in [-0.2, -0.15) is 0 Å². The Labute approximate surface area is 72.7 Å². The lowest BCUT2D eigenvalue weighted by Gasteiger charge is -2.52. The van der Waals surface area contributed by atoms with Crippen molar-refractivity contribution in [1.29, 1.82) is 0 Å². The quantitative estimate of drug-likeness (QED) is 0.622. The van der Waals surface area contributed by atoms with Crippen LogP contribution >= 0.6 is 0 Å². The second-order valence-electron chi connectivity index (χ2n) is 4.16. The van der Waals surface area contributed by atoms with Crippen LogP contribution in [0.4, 0.5) is 4.39 Å². The number of fused-ring (bicyclic) bond motifs is 1. The molecule has 3 atom stereocenters. The Balaban J connectivity index is 2.06. The number of halogens is 1. The van der Waals surface area contributed by atoms with E-state index in [2.05, 4.69) is 11.8 Å². The van der Waals surface area contributed by atoms with E-state index >= 15 is 0 Å². The van der Waals surface area contributed by atoms with Crippen molar-refractivity contribution in [3.8, 4) is 0 Å². The molecule has 0 aromatic heterocycles. The van der Waals surface area contributed by atoms with Gasteiger partial charge in [-0.05, 0) is 13.3 Å². The largest absolute Gasteiger partial charge is 0.383 e. The van der Waals surface area contributed by atoms with Crippen LogP contribution in [0, 0.1) is 0 Å². The number of hydrogen-bond acceptors (Lipinski definition) is 2. The molecule has 0 bridgehead atoms. The van der Waals surface area contributed by atoms with Crippen LogP contribution in [0.25, 0.3) is 0 Å². The molecule has 3 heteroatoms. The third kappa shape index (κ3) is 0.995.